The fourth-order valence-electron chi connectivity index (χ4n) is 2.62. The molecule has 1 saturated heterocycles. The molecule has 6 nitrogen and oxygen atoms in total. The number of piperazine rings is 1. The molecule has 2 aliphatic rings. The van der Waals surface area contributed by atoms with Gasteiger partial charge in [-0.25, -0.2) is 0 Å². The second kappa shape index (κ2) is 5.92. The van der Waals surface area contributed by atoms with Gasteiger partial charge < -0.3 is 10.4 Å². The fourth-order valence-corrected chi connectivity index (χ4v) is 4.46. The molecule has 0 amide bonds. The number of rotatable bonds is 5. The average Bonchev–Trinajstić information content (AvgIpc) is 3.30. The summed E-state index contributed by atoms with van der Waals surface area (Å²) < 4.78 is 28.8. The van der Waals surface area contributed by atoms with Crippen molar-refractivity contribution in [3.63, 3.8) is 0 Å². The molecule has 1 heterocycles. The van der Waals surface area contributed by atoms with Gasteiger partial charge in [0.25, 0.3) is 10.2 Å². The number of hydrogen-bond donors (Lipinski definition) is 2. The number of hydrogen-bond acceptors (Lipinski definition) is 4. The Hall–Kier alpha value is -1.15. The van der Waals surface area contributed by atoms with Gasteiger partial charge in [-0.1, -0.05) is 12.1 Å². The van der Waals surface area contributed by atoms with Crippen LogP contribution in [0.4, 0.5) is 0 Å². The van der Waals surface area contributed by atoms with Gasteiger partial charge in [-0.05, 0) is 30.5 Å². The van der Waals surface area contributed by atoms with E-state index in [0.29, 0.717) is 32.7 Å². The van der Waals surface area contributed by atoms with Gasteiger partial charge in [0.2, 0.25) is 0 Å². The molecule has 21 heavy (non-hydrogen) atoms. The summed E-state index contributed by atoms with van der Waals surface area (Å²) in [5.41, 5.74) is 0.820. The van der Waals surface area contributed by atoms with Crippen LogP contribution in [0.3, 0.4) is 0 Å². The van der Waals surface area contributed by atoms with Crippen molar-refractivity contribution in [2.45, 2.75) is 25.4 Å². The fraction of sp³-hybridized carbons (Fsp3) is 0.571. The Morgan fingerprint density at radius 1 is 1.29 bits per heavy atom. The molecule has 116 valence electrons. The Kier molecular flexibility index (Phi) is 4.17. The molecule has 2 fully saturated rings. The van der Waals surface area contributed by atoms with E-state index in [0.717, 1.165) is 18.4 Å². The largest absolute Gasteiger partial charge is 0.508 e. The van der Waals surface area contributed by atoms with Crippen molar-refractivity contribution in [2.75, 3.05) is 26.2 Å². The van der Waals surface area contributed by atoms with Crippen LogP contribution in [0.15, 0.2) is 24.3 Å². The van der Waals surface area contributed by atoms with E-state index in [1.807, 2.05) is 6.07 Å². The SMILES string of the molecule is O=S(=O)(N1CCNCC1)N(Cc1cccc(O)c1)C1CC1. The van der Waals surface area contributed by atoms with Gasteiger partial charge >= 0.3 is 0 Å². The van der Waals surface area contributed by atoms with E-state index in [-0.39, 0.29) is 11.8 Å². The number of nitrogens with one attached hydrogen (secondary N) is 1. The Balaban J connectivity index is 1.80. The first-order chi connectivity index (χ1) is 10.1. The maximum absolute atomic E-state index is 12.8. The summed E-state index contributed by atoms with van der Waals surface area (Å²) in [6.45, 7) is 2.76. The van der Waals surface area contributed by atoms with Gasteiger partial charge in [-0.15, -0.1) is 0 Å². The molecule has 0 atom stereocenters. The van der Waals surface area contributed by atoms with Crippen molar-refractivity contribution < 1.29 is 13.5 Å². The number of phenolic OH excluding ortho intramolecular Hbond substituents is 1. The maximum Gasteiger partial charge on any atom is 0.282 e. The van der Waals surface area contributed by atoms with Crippen molar-refractivity contribution in [1.82, 2.24) is 13.9 Å². The van der Waals surface area contributed by atoms with E-state index in [9.17, 15) is 13.5 Å². The lowest BCUT2D eigenvalue weighted by Gasteiger charge is -2.32. The maximum atomic E-state index is 12.8. The highest BCUT2D eigenvalue weighted by Gasteiger charge is 2.40. The molecular weight excluding hydrogens is 290 g/mol. The summed E-state index contributed by atoms with van der Waals surface area (Å²) in [7, 11) is -3.43. The van der Waals surface area contributed by atoms with Crippen LogP contribution in [0.5, 0.6) is 5.75 Å². The Labute approximate surface area is 125 Å². The zero-order valence-corrected chi connectivity index (χ0v) is 12.7. The summed E-state index contributed by atoms with van der Waals surface area (Å²) >= 11 is 0. The van der Waals surface area contributed by atoms with E-state index < -0.39 is 10.2 Å². The highest BCUT2D eigenvalue weighted by molar-refractivity contribution is 7.86. The molecule has 2 N–H and O–H groups in total. The molecule has 7 heteroatoms. The van der Waals surface area contributed by atoms with Crippen LogP contribution in [0.25, 0.3) is 0 Å². The van der Waals surface area contributed by atoms with Crippen LogP contribution < -0.4 is 5.32 Å². The van der Waals surface area contributed by atoms with Gasteiger partial charge in [-0.3, -0.25) is 0 Å². The standard InChI is InChI=1S/C14H21N3O3S/c18-14-3-1-2-12(10-14)11-17(13-4-5-13)21(19,20)16-8-6-15-7-9-16/h1-3,10,13,15,18H,4-9,11H2. The lowest BCUT2D eigenvalue weighted by atomic mass is 10.2. The van der Waals surface area contributed by atoms with Crippen molar-refractivity contribution in [2.24, 2.45) is 0 Å². The zero-order valence-electron chi connectivity index (χ0n) is 11.9. The van der Waals surface area contributed by atoms with Crippen LogP contribution in [-0.2, 0) is 16.8 Å². The third-order valence-corrected chi connectivity index (χ3v) is 5.94. The minimum Gasteiger partial charge on any atom is -0.508 e. The van der Waals surface area contributed by atoms with Crippen LogP contribution in [0, 0.1) is 0 Å². The molecule has 0 bridgehead atoms. The number of phenols is 1. The predicted molar refractivity (Wildman–Crippen MR) is 80.0 cm³/mol. The summed E-state index contributed by atoms with van der Waals surface area (Å²) in [5.74, 6) is 0.169. The molecule has 0 radical (unpaired) electrons. The molecule has 1 aromatic rings. The van der Waals surface area contributed by atoms with Crippen LogP contribution in [0.1, 0.15) is 18.4 Å². The lowest BCUT2D eigenvalue weighted by molar-refractivity contribution is 0.304. The minimum absolute atomic E-state index is 0.104. The summed E-state index contributed by atoms with van der Waals surface area (Å²) in [6, 6.07) is 6.92. The number of nitrogens with zero attached hydrogens (tertiary/aromatic N) is 2. The molecule has 1 aliphatic carbocycles. The second-order valence-electron chi connectivity index (χ2n) is 5.60. The van der Waals surface area contributed by atoms with Crippen molar-refractivity contribution in [3.05, 3.63) is 29.8 Å². The van der Waals surface area contributed by atoms with Crippen molar-refractivity contribution >= 4 is 10.2 Å². The third kappa shape index (κ3) is 3.37. The first kappa shape index (κ1) is 14.8. The Bertz CT molecular complexity index is 595. The molecule has 1 aliphatic heterocycles. The monoisotopic (exact) mass is 311 g/mol. The second-order valence-corrected chi connectivity index (χ2v) is 7.48. The van der Waals surface area contributed by atoms with Gasteiger partial charge in [0.15, 0.2) is 0 Å². The average molecular weight is 311 g/mol. The van der Waals surface area contributed by atoms with Crippen molar-refractivity contribution in [3.8, 4) is 5.75 Å². The summed E-state index contributed by atoms with van der Waals surface area (Å²) in [5, 5.41) is 12.7. The molecule has 1 aromatic carbocycles. The highest BCUT2D eigenvalue weighted by atomic mass is 32.2. The smallest absolute Gasteiger partial charge is 0.282 e. The van der Waals surface area contributed by atoms with Gasteiger partial charge in [0.1, 0.15) is 5.75 Å². The minimum atomic E-state index is -3.43. The summed E-state index contributed by atoms with van der Waals surface area (Å²) in [4.78, 5) is 0. The van der Waals surface area contributed by atoms with Crippen molar-refractivity contribution in [1.29, 1.82) is 0 Å². The van der Waals surface area contributed by atoms with Crippen LogP contribution in [0.2, 0.25) is 0 Å². The topological polar surface area (TPSA) is 72.9 Å². The van der Waals surface area contributed by atoms with Crippen LogP contribution >= 0.6 is 0 Å². The first-order valence-electron chi connectivity index (χ1n) is 7.33. The van der Waals surface area contributed by atoms with Gasteiger partial charge in [-0.2, -0.15) is 17.0 Å². The van der Waals surface area contributed by atoms with E-state index >= 15 is 0 Å². The quantitative estimate of drug-likeness (QED) is 0.831. The molecular formula is C14H21N3O3S. The lowest BCUT2D eigenvalue weighted by Crippen LogP contribution is -2.52. The number of benzene rings is 1. The summed E-state index contributed by atoms with van der Waals surface area (Å²) in [6.07, 6.45) is 1.84. The Morgan fingerprint density at radius 3 is 2.62 bits per heavy atom. The van der Waals surface area contributed by atoms with Gasteiger partial charge in [0.05, 0.1) is 0 Å². The molecule has 3 rings (SSSR count). The number of aromatic hydroxyl groups is 1. The predicted octanol–water partition coefficient (Wildman–Crippen LogP) is 0.507. The van der Waals surface area contributed by atoms with E-state index in [2.05, 4.69) is 5.32 Å². The molecule has 0 unspecified atom stereocenters. The normalized spacial score (nSPS) is 20.8. The third-order valence-electron chi connectivity index (χ3n) is 3.90. The van der Waals surface area contributed by atoms with Gasteiger partial charge in [0, 0.05) is 38.8 Å². The van der Waals surface area contributed by atoms with E-state index in [1.54, 1.807) is 26.8 Å². The van der Waals surface area contributed by atoms with Crippen LogP contribution in [-0.4, -0.2) is 54.4 Å². The molecule has 0 spiro atoms. The zero-order chi connectivity index (χ0) is 14.9. The molecule has 0 aromatic heterocycles. The first-order valence-corrected chi connectivity index (χ1v) is 8.72. The van der Waals surface area contributed by atoms with E-state index in [4.69, 9.17) is 0 Å². The van der Waals surface area contributed by atoms with E-state index in [1.165, 1.54) is 0 Å². The highest BCUT2D eigenvalue weighted by Crippen LogP contribution is 2.32. The Morgan fingerprint density at radius 2 is 2.00 bits per heavy atom. The molecule has 1 saturated carbocycles.